The fourth-order valence-corrected chi connectivity index (χ4v) is 4.05. The van der Waals surface area contributed by atoms with E-state index in [1.807, 2.05) is 35.2 Å². The Morgan fingerprint density at radius 1 is 1.19 bits per heavy atom. The number of carbonyl (C=O) groups is 1. The second kappa shape index (κ2) is 6.09. The molecule has 1 N–H and O–H groups in total. The van der Waals surface area contributed by atoms with Crippen LogP contribution in [0.4, 0.5) is 0 Å². The lowest BCUT2D eigenvalue weighted by Gasteiger charge is -2.25. The molecule has 1 atom stereocenters. The number of hydrogen-bond acceptors (Lipinski definition) is 3. The number of rotatable bonds is 3. The minimum absolute atomic E-state index is 0.0415. The summed E-state index contributed by atoms with van der Waals surface area (Å²) in [5, 5.41) is 9.08. The number of pyridine rings is 1. The molecule has 0 bridgehead atoms. The zero-order chi connectivity index (χ0) is 17.7. The molecule has 5 rings (SSSR count). The average molecular weight is 367 g/mol. The second-order valence-electron chi connectivity index (χ2n) is 7.21. The van der Waals surface area contributed by atoms with E-state index in [1.165, 1.54) is 12.8 Å². The first-order valence-electron chi connectivity index (χ1n) is 9.11. The molecule has 2 aromatic heterocycles. The van der Waals surface area contributed by atoms with Crippen molar-refractivity contribution in [2.75, 3.05) is 6.54 Å². The molecule has 2 fully saturated rings. The molecule has 132 valence electrons. The molecule has 0 radical (unpaired) electrons. The lowest BCUT2D eigenvalue weighted by atomic mass is 10.0. The van der Waals surface area contributed by atoms with Gasteiger partial charge in [0.15, 0.2) is 5.65 Å². The number of aromatic nitrogens is 3. The maximum absolute atomic E-state index is 13.2. The zero-order valence-corrected chi connectivity index (χ0v) is 15.0. The van der Waals surface area contributed by atoms with Crippen molar-refractivity contribution < 1.29 is 4.79 Å². The Labute approximate surface area is 156 Å². The summed E-state index contributed by atoms with van der Waals surface area (Å²) in [5.41, 5.74) is 3.59. The van der Waals surface area contributed by atoms with Crippen LogP contribution in [0.3, 0.4) is 0 Å². The normalized spacial score (nSPS) is 20.0. The predicted molar refractivity (Wildman–Crippen MR) is 100 cm³/mol. The lowest BCUT2D eigenvalue weighted by Crippen LogP contribution is -2.30. The molecule has 1 amide bonds. The fourth-order valence-electron chi connectivity index (χ4n) is 3.93. The zero-order valence-electron chi connectivity index (χ0n) is 14.3. The summed E-state index contributed by atoms with van der Waals surface area (Å²) in [5.74, 6) is 0.584. The summed E-state index contributed by atoms with van der Waals surface area (Å²) in [6, 6.07) is 9.86. The monoisotopic (exact) mass is 366 g/mol. The van der Waals surface area contributed by atoms with Gasteiger partial charge in [0.25, 0.3) is 5.91 Å². The van der Waals surface area contributed by atoms with E-state index in [2.05, 4.69) is 15.2 Å². The molecular formula is C20H19ClN4O. The molecule has 1 aliphatic heterocycles. The van der Waals surface area contributed by atoms with Crippen molar-refractivity contribution in [3.05, 3.63) is 58.4 Å². The van der Waals surface area contributed by atoms with Crippen molar-refractivity contribution >= 4 is 28.5 Å². The van der Waals surface area contributed by atoms with Gasteiger partial charge >= 0.3 is 0 Å². The first kappa shape index (κ1) is 15.8. The average Bonchev–Trinajstić information content (AvgIpc) is 3.23. The van der Waals surface area contributed by atoms with Gasteiger partial charge in [-0.05, 0) is 49.4 Å². The number of hydrogen-bond donors (Lipinski definition) is 1. The van der Waals surface area contributed by atoms with E-state index < -0.39 is 0 Å². The minimum Gasteiger partial charge on any atom is -0.332 e. The molecule has 1 saturated heterocycles. The van der Waals surface area contributed by atoms with Crippen LogP contribution in [0.5, 0.6) is 0 Å². The lowest BCUT2D eigenvalue weighted by molar-refractivity contribution is 0.0735. The summed E-state index contributed by atoms with van der Waals surface area (Å²) < 4.78 is 0. The van der Waals surface area contributed by atoms with Crippen LogP contribution in [-0.4, -0.2) is 32.5 Å². The first-order chi connectivity index (χ1) is 12.7. The van der Waals surface area contributed by atoms with Gasteiger partial charge in [0, 0.05) is 34.8 Å². The van der Waals surface area contributed by atoms with Gasteiger partial charge in [-0.25, -0.2) is 4.98 Å². The SMILES string of the molecule is O=C(c1cnc2n[nH]c(C3CC3)c2c1)N1CCC[C@H]1c1ccc(Cl)cc1. The molecule has 5 nitrogen and oxygen atoms in total. The highest BCUT2D eigenvalue weighted by Crippen LogP contribution is 2.42. The van der Waals surface area contributed by atoms with Crippen molar-refractivity contribution in [3.8, 4) is 0 Å². The van der Waals surface area contributed by atoms with Crippen LogP contribution >= 0.6 is 11.6 Å². The number of halogens is 1. The Kier molecular flexibility index (Phi) is 3.71. The van der Waals surface area contributed by atoms with Crippen molar-refractivity contribution in [1.29, 1.82) is 0 Å². The topological polar surface area (TPSA) is 61.9 Å². The maximum Gasteiger partial charge on any atom is 0.255 e. The van der Waals surface area contributed by atoms with Crippen molar-refractivity contribution in [2.24, 2.45) is 0 Å². The van der Waals surface area contributed by atoms with Crippen molar-refractivity contribution in [1.82, 2.24) is 20.1 Å². The summed E-state index contributed by atoms with van der Waals surface area (Å²) in [4.78, 5) is 19.6. The van der Waals surface area contributed by atoms with E-state index in [4.69, 9.17) is 11.6 Å². The highest BCUT2D eigenvalue weighted by Gasteiger charge is 2.32. The molecule has 6 heteroatoms. The third-order valence-corrected chi connectivity index (χ3v) is 5.69. The van der Waals surface area contributed by atoms with E-state index in [0.29, 0.717) is 22.2 Å². The Balaban J connectivity index is 1.47. The number of nitrogens with zero attached hydrogens (tertiary/aromatic N) is 3. The third-order valence-electron chi connectivity index (χ3n) is 5.44. The van der Waals surface area contributed by atoms with Gasteiger partial charge in [0.05, 0.1) is 11.6 Å². The van der Waals surface area contributed by atoms with Crippen LogP contribution in [0, 0.1) is 0 Å². The molecule has 1 saturated carbocycles. The Bertz CT molecular complexity index is 977. The second-order valence-corrected chi connectivity index (χ2v) is 7.65. The minimum atomic E-state index is 0.0415. The molecule has 0 unspecified atom stereocenters. The quantitative estimate of drug-likeness (QED) is 0.744. The van der Waals surface area contributed by atoms with Gasteiger partial charge in [-0.3, -0.25) is 9.89 Å². The van der Waals surface area contributed by atoms with Gasteiger partial charge in [-0.1, -0.05) is 23.7 Å². The van der Waals surface area contributed by atoms with Gasteiger partial charge in [-0.15, -0.1) is 0 Å². The molecule has 0 spiro atoms. The van der Waals surface area contributed by atoms with E-state index in [9.17, 15) is 4.79 Å². The predicted octanol–water partition coefficient (Wildman–Crippen LogP) is 4.47. The standard InChI is InChI=1S/C20H19ClN4O/c21-15-7-5-12(6-8-15)17-2-1-9-25(17)20(26)14-10-16-18(13-3-4-13)23-24-19(16)22-11-14/h5-8,10-11,13,17H,1-4,9H2,(H,22,23,24)/t17-/m0/s1. The Morgan fingerprint density at radius 3 is 2.77 bits per heavy atom. The molecule has 3 heterocycles. The van der Waals surface area contributed by atoms with E-state index in [0.717, 1.165) is 36.0 Å². The van der Waals surface area contributed by atoms with Crippen LogP contribution in [0.15, 0.2) is 36.5 Å². The summed E-state index contributed by atoms with van der Waals surface area (Å²) >= 11 is 6.01. The highest BCUT2D eigenvalue weighted by molar-refractivity contribution is 6.30. The Hall–Kier alpha value is -2.40. The number of benzene rings is 1. The van der Waals surface area contributed by atoms with Gasteiger partial charge in [-0.2, -0.15) is 5.10 Å². The van der Waals surface area contributed by atoms with E-state index in [1.54, 1.807) is 6.20 Å². The van der Waals surface area contributed by atoms with Gasteiger partial charge < -0.3 is 4.90 Å². The summed E-state index contributed by atoms with van der Waals surface area (Å²) in [6.07, 6.45) is 6.00. The van der Waals surface area contributed by atoms with Gasteiger partial charge in [0.2, 0.25) is 0 Å². The smallest absolute Gasteiger partial charge is 0.255 e. The Morgan fingerprint density at radius 2 is 2.00 bits per heavy atom. The number of fused-ring (bicyclic) bond motifs is 1. The number of likely N-dealkylation sites (tertiary alicyclic amines) is 1. The summed E-state index contributed by atoms with van der Waals surface area (Å²) in [6.45, 7) is 0.769. The number of H-pyrrole nitrogens is 1. The number of carbonyl (C=O) groups excluding carboxylic acids is 1. The van der Waals surface area contributed by atoms with E-state index in [-0.39, 0.29) is 11.9 Å². The largest absolute Gasteiger partial charge is 0.332 e. The highest BCUT2D eigenvalue weighted by atomic mass is 35.5. The molecule has 1 aromatic carbocycles. The van der Waals surface area contributed by atoms with E-state index >= 15 is 0 Å². The van der Waals surface area contributed by atoms with Crippen LogP contribution in [0.1, 0.15) is 59.3 Å². The molecule has 1 aliphatic carbocycles. The number of nitrogens with one attached hydrogen (secondary N) is 1. The molecule has 26 heavy (non-hydrogen) atoms. The van der Waals surface area contributed by atoms with Crippen LogP contribution in [-0.2, 0) is 0 Å². The van der Waals surface area contributed by atoms with Crippen LogP contribution in [0.25, 0.3) is 11.0 Å². The molecule has 3 aromatic rings. The van der Waals surface area contributed by atoms with Crippen LogP contribution in [0.2, 0.25) is 5.02 Å². The third kappa shape index (κ3) is 2.67. The number of amides is 1. The summed E-state index contributed by atoms with van der Waals surface area (Å²) in [7, 11) is 0. The van der Waals surface area contributed by atoms with Crippen molar-refractivity contribution in [3.63, 3.8) is 0 Å². The molecular weight excluding hydrogens is 348 g/mol. The van der Waals surface area contributed by atoms with Gasteiger partial charge in [0.1, 0.15) is 0 Å². The van der Waals surface area contributed by atoms with Crippen LogP contribution < -0.4 is 0 Å². The number of aromatic amines is 1. The molecule has 2 aliphatic rings. The first-order valence-corrected chi connectivity index (χ1v) is 9.49. The van der Waals surface area contributed by atoms with Crippen molar-refractivity contribution in [2.45, 2.75) is 37.6 Å². The maximum atomic E-state index is 13.2. The fraction of sp³-hybridized carbons (Fsp3) is 0.350.